The molecular weight excluding hydrogens is 1330 g/mol. The van der Waals surface area contributed by atoms with Crippen LogP contribution in [0.15, 0.2) is 24.3 Å². The molecule has 0 spiro atoms. The number of unbranched alkanes of at least 4 members (excludes halogenated alkanes) is 2. The second kappa shape index (κ2) is 59.5. The van der Waals surface area contributed by atoms with E-state index < -0.39 is 53.1 Å². The van der Waals surface area contributed by atoms with Crippen molar-refractivity contribution in [3.05, 3.63) is 24.3 Å². The Hall–Kier alpha value is -7.00. The van der Waals surface area contributed by atoms with Crippen LogP contribution >= 0.6 is 0 Å². The average molecular weight is 1450 g/mol. The summed E-state index contributed by atoms with van der Waals surface area (Å²) in [6, 6.07) is -1.56. The second-order valence-electron chi connectivity index (χ2n) is 23.5. The lowest BCUT2D eigenvalue weighted by Crippen LogP contribution is -2.47. The van der Waals surface area contributed by atoms with E-state index in [4.69, 9.17) is 67.3 Å². The minimum Gasteiger partial charge on any atom is -0.460 e. The zero-order valence-electron chi connectivity index (χ0n) is 59.3. The predicted molar refractivity (Wildman–Crippen MR) is 361 cm³/mol. The van der Waals surface area contributed by atoms with Crippen LogP contribution in [0.25, 0.3) is 0 Å². The van der Waals surface area contributed by atoms with Gasteiger partial charge in [0.15, 0.2) is 0 Å². The van der Waals surface area contributed by atoms with Crippen molar-refractivity contribution in [1.29, 1.82) is 0 Å². The molecule has 35 heteroatoms. The molecule has 2 aliphatic rings. The number of imide groups is 2. The molecule has 576 valence electrons. The molecule has 9 N–H and O–H groups in total. The van der Waals surface area contributed by atoms with Crippen LogP contribution < -0.4 is 43.0 Å². The highest BCUT2D eigenvalue weighted by molar-refractivity contribution is 6.13. The first-order valence-electron chi connectivity index (χ1n) is 34.6. The Balaban J connectivity index is 1.49. The molecule has 101 heavy (non-hydrogen) atoms. The van der Waals surface area contributed by atoms with Crippen LogP contribution in [0.5, 0.6) is 0 Å². The zero-order valence-corrected chi connectivity index (χ0v) is 59.3. The monoisotopic (exact) mass is 1440 g/mol. The van der Waals surface area contributed by atoms with Crippen molar-refractivity contribution in [1.82, 2.24) is 47.0 Å². The number of ether oxygens (including phenoxy) is 13. The molecule has 0 fully saturated rings. The summed E-state index contributed by atoms with van der Waals surface area (Å²) >= 11 is 0. The van der Waals surface area contributed by atoms with Gasteiger partial charge in [0.1, 0.15) is 11.6 Å². The summed E-state index contributed by atoms with van der Waals surface area (Å²) in [5.41, 5.74) is 5.51. The van der Waals surface area contributed by atoms with E-state index in [1.54, 1.807) is 0 Å². The lowest BCUT2D eigenvalue weighted by Gasteiger charge is -2.19. The SMILES string of the molecule is CC(C)(C)OC(=O)CCOCCOCCOCCOCCNC(=O)[C@@H](N)CCCCNC(=O)CCOCCOCCOCCOCCNC(=O)[C@@H](CCCCNC(=O)CCOCCOCCNC(=O)CCN1C(=O)C=CC1=O)NC(=O)CCOCCOCCNC(=O)CCN1C(=O)C=CC1=O. The van der Waals surface area contributed by atoms with Crippen LogP contribution in [0, 0.1) is 0 Å². The van der Waals surface area contributed by atoms with Crippen LogP contribution in [0.4, 0.5) is 0 Å². The molecule has 2 rings (SSSR count). The Morgan fingerprint density at radius 2 is 0.634 bits per heavy atom. The number of nitrogens with one attached hydrogen (secondary N) is 7. The first kappa shape index (κ1) is 90.1. The van der Waals surface area contributed by atoms with Crippen LogP contribution in [0.2, 0.25) is 0 Å². The van der Waals surface area contributed by atoms with E-state index in [9.17, 15) is 57.5 Å². The Labute approximate surface area is 591 Å². The summed E-state index contributed by atoms with van der Waals surface area (Å²) in [4.78, 5) is 147. The summed E-state index contributed by atoms with van der Waals surface area (Å²) in [6.45, 7) is 13.4. The molecule has 0 saturated heterocycles. The minimum absolute atomic E-state index is 0.00891. The first-order chi connectivity index (χ1) is 48.7. The molecule has 2 aliphatic heterocycles. The maximum absolute atomic E-state index is 13.3. The van der Waals surface area contributed by atoms with E-state index in [-0.39, 0.29) is 199 Å². The van der Waals surface area contributed by atoms with Crippen molar-refractivity contribution in [2.45, 2.75) is 116 Å². The van der Waals surface area contributed by atoms with Crippen molar-refractivity contribution < 1.29 is 119 Å². The van der Waals surface area contributed by atoms with Gasteiger partial charge in [-0.05, 0) is 59.3 Å². The summed E-state index contributed by atoms with van der Waals surface area (Å²) in [6.07, 6.45) is 8.04. The van der Waals surface area contributed by atoms with E-state index in [0.717, 1.165) is 34.1 Å². The third kappa shape index (κ3) is 51.7. The Morgan fingerprint density at radius 3 is 1.00 bits per heavy atom. The number of hydrogen-bond acceptors (Lipinski definition) is 26. The van der Waals surface area contributed by atoms with Gasteiger partial charge in [-0.25, -0.2) is 0 Å². The summed E-state index contributed by atoms with van der Waals surface area (Å²) in [5, 5.41) is 19.3. The van der Waals surface area contributed by atoms with Crippen LogP contribution in [0.1, 0.15) is 97.8 Å². The second-order valence-corrected chi connectivity index (χ2v) is 23.5. The third-order valence-corrected chi connectivity index (χ3v) is 13.9. The Morgan fingerprint density at radius 1 is 0.347 bits per heavy atom. The molecular formula is C66H112N10O25. The molecule has 0 aliphatic carbocycles. The molecule has 11 amide bonds. The highest BCUT2D eigenvalue weighted by Crippen LogP contribution is 2.09. The smallest absolute Gasteiger partial charge is 0.308 e. The molecule has 0 aromatic heterocycles. The van der Waals surface area contributed by atoms with Crippen LogP contribution in [-0.2, 0) is 119 Å². The number of esters is 1. The Kier molecular flexibility index (Phi) is 53.1. The van der Waals surface area contributed by atoms with E-state index in [1.807, 2.05) is 20.8 Å². The molecule has 2 atom stereocenters. The molecule has 0 unspecified atom stereocenters. The van der Waals surface area contributed by atoms with Gasteiger partial charge in [-0.15, -0.1) is 0 Å². The predicted octanol–water partition coefficient (Wildman–Crippen LogP) is -2.43. The topological polar surface area (TPSA) is 442 Å². The molecule has 0 aromatic carbocycles. The van der Waals surface area contributed by atoms with Gasteiger partial charge >= 0.3 is 5.97 Å². The van der Waals surface area contributed by atoms with Crippen molar-refractivity contribution in [3.63, 3.8) is 0 Å². The van der Waals surface area contributed by atoms with Crippen molar-refractivity contribution >= 4 is 70.9 Å². The molecule has 0 bridgehead atoms. The normalized spacial score (nSPS) is 13.4. The van der Waals surface area contributed by atoms with E-state index in [2.05, 4.69) is 37.2 Å². The largest absolute Gasteiger partial charge is 0.460 e. The molecule has 0 saturated carbocycles. The average Bonchev–Trinajstić information content (AvgIpc) is 1.76. The lowest BCUT2D eigenvalue weighted by atomic mass is 10.1. The van der Waals surface area contributed by atoms with Crippen molar-refractivity contribution in [2.24, 2.45) is 5.73 Å². The summed E-state index contributed by atoms with van der Waals surface area (Å²) < 4.78 is 71.1. The summed E-state index contributed by atoms with van der Waals surface area (Å²) in [5.74, 6) is -4.28. The van der Waals surface area contributed by atoms with Gasteiger partial charge in [0, 0.05) is 109 Å². The fraction of sp³-hybridized carbons (Fsp3) is 0.758. The number of nitrogens with zero attached hydrogens (tertiary/aromatic N) is 2. The van der Waals surface area contributed by atoms with Crippen LogP contribution in [0.3, 0.4) is 0 Å². The first-order valence-corrected chi connectivity index (χ1v) is 34.6. The fourth-order valence-corrected chi connectivity index (χ4v) is 8.65. The van der Waals surface area contributed by atoms with Gasteiger partial charge < -0.3 is 105 Å². The van der Waals surface area contributed by atoms with E-state index in [1.165, 1.54) is 0 Å². The van der Waals surface area contributed by atoms with Gasteiger partial charge in [-0.2, -0.15) is 0 Å². The van der Waals surface area contributed by atoms with E-state index >= 15 is 0 Å². The molecule has 2 heterocycles. The van der Waals surface area contributed by atoms with Crippen LogP contribution in [-0.4, -0.2) is 309 Å². The molecule has 0 radical (unpaired) electrons. The lowest BCUT2D eigenvalue weighted by molar-refractivity contribution is -0.156. The number of carbonyl (C=O) groups excluding carboxylic acids is 12. The van der Waals surface area contributed by atoms with Gasteiger partial charge in [0.2, 0.25) is 41.4 Å². The molecule has 0 aromatic rings. The number of amides is 11. The van der Waals surface area contributed by atoms with Gasteiger partial charge in [0.25, 0.3) is 23.6 Å². The van der Waals surface area contributed by atoms with Gasteiger partial charge in [-0.3, -0.25) is 67.3 Å². The number of carbonyl (C=O) groups is 12. The third-order valence-electron chi connectivity index (χ3n) is 13.9. The standard InChI is InChI=1S/C66H112N10O25/c1-66(2,3)101-63(86)19-31-92-39-45-98-49-51-99-46-42-95-34-24-72-64(87)52(67)8-4-6-20-68-56(79)17-29-90-38-44-97-48-50-100-47-43-96-35-25-73-65(88)53(74-58(81)18-30-91-37-41-94-33-23-71-55(78)15-27-76-61(84)12-13-62(76)85)9-5-7-21-69-57(80)16-28-89-36-40-93-32-22-70-54(77)14-26-75-59(82)10-11-60(75)83/h10-13,52-53H,4-9,14-51,67H2,1-3H3,(H,68,79)(H,69,80)(H,70,77)(H,71,78)(H,72,87)(H,73,88)(H,74,81)/t52-,53+/m0/s1. The fourth-order valence-electron chi connectivity index (χ4n) is 8.65. The minimum atomic E-state index is -0.884. The summed E-state index contributed by atoms with van der Waals surface area (Å²) in [7, 11) is 0. The highest BCUT2D eigenvalue weighted by Gasteiger charge is 2.26. The highest BCUT2D eigenvalue weighted by atomic mass is 16.6. The zero-order chi connectivity index (χ0) is 73.8. The number of hydrogen-bond donors (Lipinski definition) is 8. The number of rotatable bonds is 67. The van der Waals surface area contributed by atoms with Crippen molar-refractivity contribution in [3.8, 4) is 0 Å². The maximum Gasteiger partial charge on any atom is 0.308 e. The van der Waals surface area contributed by atoms with Gasteiger partial charge in [-0.1, -0.05) is 0 Å². The Bertz CT molecular complexity index is 2440. The maximum atomic E-state index is 13.3. The van der Waals surface area contributed by atoms with Crippen molar-refractivity contribution in [2.75, 3.05) is 211 Å². The van der Waals surface area contributed by atoms with E-state index in [0.29, 0.717) is 124 Å². The molecule has 35 nitrogen and oxygen atoms in total. The quantitative estimate of drug-likeness (QED) is 0.0178. The number of nitrogens with two attached hydrogens (primary N) is 1. The van der Waals surface area contributed by atoms with Gasteiger partial charge in [0.05, 0.1) is 171 Å².